The summed E-state index contributed by atoms with van der Waals surface area (Å²) in [7, 11) is 3.41. The molecule has 0 aliphatic heterocycles. The molecule has 0 saturated carbocycles. The normalized spacial score (nSPS) is 10.2. The minimum atomic E-state index is 0.973. The first-order valence-electron chi connectivity index (χ1n) is 3.93. The average Bonchev–Trinajstić information content (AvgIpc) is 2.53. The molecule has 0 aliphatic carbocycles. The molecule has 13 heavy (non-hydrogen) atoms. The molecule has 0 nitrogen and oxygen atoms in total. The zero-order valence-electron chi connectivity index (χ0n) is 7.11. The number of hydrogen-bond acceptors (Lipinski definition) is 3. The van der Waals surface area contributed by atoms with E-state index in [1.54, 1.807) is 20.7 Å². The maximum atomic E-state index is 5.09. The van der Waals surface area contributed by atoms with Crippen LogP contribution in [0, 0.1) is 10.7 Å². The molecule has 66 valence electrons. The van der Waals surface area contributed by atoms with Crippen LogP contribution in [0.1, 0.15) is 5.56 Å². The molecule has 0 amide bonds. The quantitative estimate of drug-likeness (QED) is 0.507. The van der Waals surface area contributed by atoms with Gasteiger partial charge in [0, 0.05) is 4.88 Å². The zero-order valence-corrected chi connectivity index (χ0v) is 9.56. The Balaban J connectivity index is 2.47. The monoisotopic (exact) mass is 224 g/mol. The highest BCUT2D eigenvalue weighted by molar-refractivity contribution is 7.80. The topological polar surface area (TPSA) is 0 Å². The van der Waals surface area contributed by atoms with Crippen LogP contribution in [0.25, 0.3) is 10.4 Å². The molecule has 2 rings (SSSR count). The first-order valence-corrected chi connectivity index (χ1v) is 6.49. The second-order valence-electron chi connectivity index (χ2n) is 2.86. The van der Waals surface area contributed by atoms with Crippen LogP contribution in [0.2, 0.25) is 0 Å². The summed E-state index contributed by atoms with van der Waals surface area (Å²) in [6.07, 6.45) is 0. The highest BCUT2D eigenvalue weighted by atomic mass is 32.9. The van der Waals surface area contributed by atoms with Gasteiger partial charge in [-0.05, 0) is 18.6 Å². The summed E-state index contributed by atoms with van der Waals surface area (Å²) in [5.41, 5.74) is 2.56. The van der Waals surface area contributed by atoms with E-state index in [4.69, 9.17) is 12.2 Å². The highest BCUT2D eigenvalue weighted by Crippen LogP contribution is 2.29. The lowest BCUT2D eigenvalue weighted by Crippen LogP contribution is -1.72. The summed E-state index contributed by atoms with van der Waals surface area (Å²) in [5.74, 6) is 0. The Labute approximate surface area is 89.9 Å². The first-order chi connectivity index (χ1) is 6.25. The van der Waals surface area contributed by atoms with E-state index in [0.717, 1.165) is 3.82 Å². The number of aryl methyl sites for hydroxylation is 1. The van der Waals surface area contributed by atoms with Crippen molar-refractivity contribution in [1.29, 1.82) is 0 Å². The maximum Gasteiger partial charge on any atom is 0.102 e. The Morgan fingerprint density at radius 1 is 1.08 bits per heavy atom. The molecular weight excluding hydrogens is 216 g/mol. The molecule has 0 spiro atoms. The standard InChI is InChI=1S/C10H8S3/c1-7-2-4-8(5-3-7)9-6-10(11)13-12-9/h2-6H,1H3. The molecule has 1 aromatic heterocycles. The molecule has 3 heteroatoms. The molecule has 0 saturated heterocycles. The van der Waals surface area contributed by atoms with Crippen molar-refractivity contribution in [3.63, 3.8) is 0 Å². The molecule has 0 bridgehead atoms. The summed E-state index contributed by atoms with van der Waals surface area (Å²) < 4.78 is 0.973. The van der Waals surface area contributed by atoms with Crippen molar-refractivity contribution in [1.82, 2.24) is 0 Å². The number of rotatable bonds is 1. The fourth-order valence-electron chi connectivity index (χ4n) is 1.09. The number of hydrogen-bond donors (Lipinski definition) is 0. The van der Waals surface area contributed by atoms with Gasteiger partial charge in [0.25, 0.3) is 0 Å². The van der Waals surface area contributed by atoms with Crippen molar-refractivity contribution in [2.45, 2.75) is 6.92 Å². The van der Waals surface area contributed by atoms with Crippen molar-refractivity contribution in [2.24, 2.45) is 0 Å². The Morgan fingerprint density at radius 3 is 2.31 bits per heavy atom. The van der Waals surface area contributed by atoms with Crippen LogP contribution in [0.4, 0.5) is 0 Å². The minimum Gasteiger partial charge on any atom is -0.0786 e. The van der Waals surface area contributed by atoms with E-state index in [2.05, 4.69) is 37.3 Å². The minimum absolute atomic E-state index is 0.973. The van der Waals surface area contributed by atoms with Crippen molar-refractivity contribution >= 4 is 32.9 Å². The summed E-state index contributed by atoms with van der Waals surface area (Å²) in [5, 5.41) is 0. The van der Waals surface area contributed by atoms with Crippen molar-refractivity contribution in [3.8, 4) is 10.4 Å². The predicted octanol–water partition coefficient (Wildman–Crippen LogP) is 4.51. The lowest BCUT2D eigenvalue weighted by atomic mass is 10.1. The Morgan fingerprint density at radius 2 is 1.77 bits per heavy atom. The molecule has 0 N–H and O–H groups in total. The summed E-state index contributed by atoms with van der Waals surface area (Å²) >= 11 is 5.09. The van der Waals surface area contributed by atoms with Gasteiger partial charge < -0.3 is 0 Å². The van der Waals surface area contributed by atoms with E-state index in [-0.39, 0.29) is 0 Å². The third-order valence-electron chi connectivity index (χ3n) is 1.80. The van der Waals surface area contributed by atoms with Gasteiger partial charge in [0.05, 0.1) is 0 Å². The lowest BCUT2D eigenvalue weighted by Gasteiger charge is -1.96. The van der Waals surface area contributed by atoms with Gasteiger partial charge in [-0.15, -0.1) is 0 Å². The molecule has 0 atom stereocenters. The molecule has 1 heterocycles. The van der Waals surface area contributed by atoms with Gasteiger partial charge in [-0.25, -0.2) is 0 Å². The Bertz CT molecular complexity index is 448. The zero-order chi connectivity index (χ0) is 9.26. The smallest absolute Gasteiger partial charge is 0.0786 e. The van der Waals surface area contributed by atoms with Crippen molar-refractivity contribution < 1.29 is 0 Å². The third kappa shape index (κ3) is 2.05. The van der Waals surface area contributed by atoms with Crippen molar-refractivity contribution in [2.75, 3.05) is 0 Å². The fourth-order valence-corrected chi connectivity index (χ4v) is 3.49. The largest absolute Gasteiger partial charge is 0.102 e. The molecule has 1 aromatic carbocycles. The van der Waals surface area contributed by atoms with Gasteiger partial charge in [-0.1, -0.05) is 62.7 Å². The van der Waals surface area contributed by atoms with Gasteiger partial charge in [-0.3, -0.25) is 0 Å². The van der Waals surface area contributed by atoms with E-state index >= 15 is 0 Å². The molecule has 0 radical (unpaired) electrons. The number of benzene rings is 1. The average molecular weight is 224 g/mol. The van der Waals surface area contributed by atoms with E-state index < -0.39 is 0 Å². The van der Waals surface area contributed by atoms with Gasteiger partial charge in [0.15, 0.2) is 0 Å². The predicted molar refractivity (Wildman–Crippen MR) is 63.2 cm³/mol. The van der Waals surface area contributed by atoms with Gasteiger partial charge in [-0.2, -0.15) is 0 Å². The molecular formula is C10H8S3. The van der Waals surface area contributed by atoms with E-state index in [1.807, 2.05) is 0 Å². The second kappa shape index (κ2) is 3.70. The SMILES string of the molecule is Cc1ccc(-c2cc(=S)ss2)cc1. The molecule has 0 unspecified atom stereocenters. The van der Waals surface area contributed by atoms with Crippen LogP contribution in [-0.2, 0) is 0 Å². The molecule has 0 aliphatic rings. The summed E-state index contributed by atoms with van der Waals surface area (Å²) in [4.78, 5) is 1.27. The van der Waals surface area contributed by atoms with E-state index in [9.17, 15) is 0 Å². The molecule has 2 aromatic rings. The summed E-state index contributed by atoms with van der Waals surface area (Å²) in [6, 6.07) is 10.6. The second-order valence-corrected chi connectivity index (χ2v) is 5.77. The highest BCUT2D eigenvalue weighted by Gasteiger charge is 1.98. The molecule has 0 fully saturated rings. The van der Waals surface area contributed by atoms with Gasteiger partial charge >= 0.3 is 0 Å². The van der Waals surface area contributed by atoms with Gasteiger partial charge in [0.2, 0.25) is 0 Å². The van der Waals surface area contributed by atoms with Crippen LogP contribution in [0.3, 0.4) is 0 Å². The fraction of sp³-hybridized carbons (Fsp3) is 0.100. The van der Waals surface area contributed by atoms with Gasteiger partial charge in [0.1, 0.15) is 3.82 Å². The summed E-state index contributed by atoms with van der Waals surface area (Å²) in [6.45, 7) is 2.10. The first kappa shape index (κ1) is 9.06. The van der Waals surface area contributed by atoms with Crippen molar-refractivity contribution in [3.05, 3.63) is 39.7 Å². The van der Waals surface area contributed by atoms with E-state index in [1.165, 1.54) is 16.0 Å². The maximum absolute atomic E-state index is 5.09. The van der Waals surface area contributed by atoms with Crippen LogP contribution in [0.5, 0.6) is 0 Å². The van der Waals surface area contributed by atoms with E-state index in [0.29, 0.717) is 0 Å². The lowest BCUT2D eigenvalue weighted by molar-refractivity contribution is 1.48. The van der Waals surface area contributed by atoms with Crippen LogP contribution in [-0.4, -0.2) is 0 Å². The van der Waals surface area contributed by atoms with Crippen LogP contribution in [0.15, 0.2) is 30.3 Å². The van der Waals surface area contributed by atoms with Crippen LogP contribution < -0.4 is 0 Å². The van der Waals surface area contributed by atoms with Crippen LogP contribution >= 0.6 is 32.9 Å². The third-order valence-corrected chi connectivity index (χ3v) is 4.71. The Kier molecular flexibility index (Phi) is 2.58. The Hall–Kier alpha value is -0.510.